The van der Waals surface area contributed by atoms with Gasteiger partial charge in [0, 0.05) is 17.1 Å². The van der Waals surface area contributed by atoms with Gasteiger partial charge in [-0.05, 0) is 43.3 Å². The quantitative estimate of drug-likeness (QED) is 0.848. The Morgan fingerprint density at radius 3 is 2.75 bits per heavy atom. The third-order valence-electron chi connectivity index (χ3n) is 2.63. The molecular formula is C15H15ClN2O2. The van der Waals surface area contributed by atoms with Gasteiger partial charge in [0.15, 0.2) is 0 Å². The van der Waals surface area contributed by atoms with Crippen molar-refractivity contribution in [3.05, 3.63) is 53.1 Å². The van der Waals surface area contributed by atoms with Gasteiger partial charge in [-0.3, -0.25) is 4.79 Å². The Balaban J connectivity index is 2.20. The lowest BCUT2D eigenvalue weighted by Crippen LogP contribution is -2.22. The molecule has 20 heavy (non-hydrogen) atoms. The van der Waals surface area contributed by atoms with E-state index in [1.54, 1.807) is 42.5 Å². The van der Waals surface area contributed by atoms with Crippen LogP contribution in [0, 0.1) is 0 Å². The molecule has 3 N–H and O–H groups in total. The zero-order valence-electron chi connectivity index (χ0n) is 11.0. The number of benzene rings is 2. The maximum Gasteiger partial charge on any atom is 0.251 e. The van der Waals surface area contributed by atoms with E-state index in [0.29, 0.717) is 34.3 Å². The van der Waals surface area contributed by atoms with Crippen LogP contribution in [0.25, 0.3) is 0 Å². The normalized spacial score (nSPS) is 10.1. The number of ether oxygens (including phenoxy) is 1. The minimum Gasteiger partial charge on any atom is -0.455 e. The van der Waals surface area contributed by atoms with E-state index in [2.05, 4.69) is 5.32 Å². The van der Waals surface area contributed by atoms with Crippen LogP contribution in [0.1, 0.15) is 17.3 Å². The molecule has 0 aromatic heterocycles. The minimum atomic E-state index is -0.159. The van der Waals surface area contributed by atoms with E-state index >= 15 is 0 Å². The van der Waals surface area contributed by atoms with Crippen molar-refractivity contribution in [3.8, 4) is 11.5 Å². The van der Waals surface area contributed by atoms with Crippen LogP contribution in [0.5, 0.6) is 11.5 Å². The van der Waals surface area contributed by atoms with E-state index in [1.807, 2.05) is 6.92 Å². The Kier molecular flexibility index (Phi) is 4.48. The van der Waals surface area contributed by atoms with E-state index < -0.39 is 0 Å². The van der Waals surface area contributed by atoms with Crippen LogP contribution in [0.4, 0.5) is 5.69 Å². The zero-order valence-corrected chi connectivity index (χ0v) is 11.8. The highest BCUT2D eigenvalue weighted by Gasteiger charge is 2.08. The molecule has 1 amide bonds. The predicted molar refractivity (Wildman–Crippen MR) is 80.4 cm³/mol. The van der Waals surface area contributed by atoms with Crippen LogP contribution in [0.15, 0.2) is 42.5 Å². The maximum atomic E-state index is 11.7. The van der Waals surface area contributed by atoms with E-state index in [4.69, 9.17) is 22.1 Å². The molecule has 0 bridgehead atoms. The number of halogens is 1. The molecule has 2 rings (SSSR count). The van der Waals surface area contributed by atoms with Crippen molar-refractivity contribution in [1.82, 2.24) is 5.32 Å². The fourth-order valence-corrected chi connectivity index (χ4v) is 1.88. The number of hydrogen-bond acceptors (Lipinski definition) is 3. The average Bonchev–Trinajstić information content (AvgIpc) is 2.41. The molecule has 0 saturated heterocycles. The van der Waals surface area contributed by atoms with Crippen LogP contribution >= 0.6 is 11.6 Å². The Hall–Kier alpha value is -2.20. The molecule has 0 spiro atoms. The van der Waals surface area contributed by atoms with Crippen molar-refractivity contribution in [2.75, 3.05) is 12.3 Å². The fourth-order valence-electron chi connectivity index (χ4n) is 1.70. The molecule has 0 aliphatic rings. The van der Waals surface area contributed by atoms with E-state index in [9.17, 15) is 4.79 Å². The highest BCUT2D eigenvalue weighted by molar-refractivity contribution is 6.30. The number of nitrogens with two attached hydrogens (primary N) is 1. The van der Waals surface area contributed by atoms with Gasteiger partial charge in [0.2, 0.25) is 0 Å². The van der Waals surface area contributed by atoms with Gasteiger partial charge in [0.25, 0.3) is 5.91 Å². The fraction of sp³-hybridized carbons (Fsp3) is 0.133. The highest BCUT2D eigenvalue weighted by Crippen LogP contribution is 2.29. The standard InChI is InChI=1S/C15H15ClN2O2/c1-2-18-15(19)10-6-7-14(13(17)8-10)20-12-5-3-4-11(16)9-12/h3-9H,2,17H2,1H3,(H,18,19). The van der Waals surface area contributed by atoms with Gasteiger partial charge >= 0.3 is 0 Å². The topological polar surface area (TPSA) is 64.3 Å². The van der Waals surface area contributed by atoms with Gasteiger partial charge in [-0.15, -0.1) is 0 Å². The number of anilines is 1. The summed E-state index contributed by atoms with van der Waals surface area (Å²) in [4.78, 5) is 11.7. The lowest BCUT2D eigenvalue weighted by atomic mass is 10.1. The molecule has 104 valence electrons. The second kappa shape index (κ2) is 6.30. The summed E-state index contributed by atoms with van der Waals surface area (Å²) in [5.74, 6) is 0.920. The van der Waals surface area contributed by atoms with Crippen LogP contribution in [0.2, 0.25) is 5.02 Å². The second-order valence-corrected chi connectivity index (χ2v) is 4.61. The third kappa shape index (κ3) is 3.42. The SMILES string of the molecule is CCNC(=O)c1ccc(Oc2cccc(Cl)c2)c(N)c1. The van der Waals surface area contributed by atoms with Crippen LogP contribution in [-0.4, -0.2) is 12.5 Å². The first-order valence-corrected chi connectivity index (χ1v) is 6.59. The molecule has 0 aliphatic carbocycles. The number of rotatable bonds is 4. The summed E-state index contributed by atoms with van der Waals surface area (Å²) in [5.41, 5.74) is 6.80. The first-order valence-electron chi connectivity index (χ1n) is 6.21. The Morgan fingerprint density at radius 1 is 1.30 bits per heavy atom. The Bertz CT molecular complexity index is 629. The van der Waals surface area contributed by atoms with Gasteiger partial charge in [-0.2, -0.15) is 0 Å². The van der Waals surface area contributed by atoms with Gasteiger partial charge in [-0.25, -0.2) is 0 Å². The van der Waals surface area contributed by atoms with Gasteiger partial charge < -0.3 is 15.8 Å². The van der Waals surface area contributed by atoms with Gasteiger partial charge in [-0.1, -0.05) is 17.7 Å². The number of nitrogen functional groups attached to an aromatic ring is 1. The van der Waals surface area contributed by atoms with E-state index in [1.165, 1.54) is 0 Å². The number of amides is 1. The van der Waals surface area contributed by atoms with Gasteiger partial charge in [0.1, 0.15) is 11.5 Å². The van der Waals surface area contributed by atoms with Crippen LogP contribution in [0.3, 0.4) is 0 Å². The summed E-state index contributed by atoms with van der Waals surface area (Å²) in [5, 5.41) is 3.30. The molecule has 2 aromatic carbocycles. The zero-order chi connectivity index (χ0) is 14.5. The van der Waals surface area contributed by atoms with Crippen LogP contribution < -0.4 is 15.8 Å². The summed E-state index contributed by atoms with van der Waals surface area (Å²) in [6, 6.07) is 11.9. The molecule has 4 nitrogen and oxygen atoms in total. The molecule has 0 atom stereocenters. The predicted octanol–water partition coefficient (Wildman–Crippen LogP) is 3.46. The Labute approximate surface area is 122 Å². The van der Waals surface area contributed by atoms with Crippen molar-refractivity contribution < 1.29 is 9.53 Å². The summed E-state index contributed by atoms with van der Waals surface area (Å²) in [6.07, 6.45) is 0. The lowest BCUT2D eigenvalue weighted by molar-refractivity contribution is 0.0956. The van der Waals surface area contributed by atoms with E-state index in [-0.39, 0.29) is 5.91 Å². The number of carbonyl (C=O) groups excluding carboxylic acids is 1. The first kappa shape index (κ1) is 14.2. The van der Waals surface area contributed by atoms with Crippen molar-refractivity contribution in [2.24, 2.45) is 0 Å². The van der Waals surface area contributed by atoms with Crippen molar-refractivity contribution >= 4 is 23.2 Å². The largest absolute Gasteiger partial charge is 0.455 e. The molecule has 0 saturated carbocycles. The second-order valence-electron chi connectivity index (χ2n) is 4.17. The minimum absolute atomic E-state index is 0.159. The van der Waals surface area contributed by atoms with Gasteiger partial charge in [0.05, 0.1) is 5.69 Å². The average molecular weight is 291 g/mol. The highest BCUT2D eigenvalue weighted by atomic mass is 35.5. The van der Waals surface area contributed by atoms with E-state index in [0.717, 1.165) is 0 Å². The molecule has 5 heteroatoms. The maximum absolute atomic E-state index is 11.7. The monoisotopic (exact) mass is 290 g/mol. The Morgan fingerprint density at radius 2 is 2.10 bits per heavy atom. The first-order chi connectivity index (χ1) is 9.60. The molecule has 2 aromatic rings. The molecule has 0 aliphatic heterocycles. The smallest absolute Gasteiger partial charge is 0.251 e. The van der Waals surface area contributed by atoms with Crippen molar-refractivity contribution in [3.63, 3.8) is 0 Å². The molecular weight excluding hydrogens is 276 g/mol. The van der Waals surface area contributed by atoms with Crippen LogP contribution in [-0.2, 0) is 0 Å². The third-order valence-corrected chi connectivity index (χ3v) is 2.87. The van der Waals surface area contributed by atoms with Crippen molar-refractivity contribution in [1.29, 1.82) is 0 Å². The number of nitrogens with one attached hydrogen (secondary N) is 1. The number of hydrogen-bond donors (Lipinski definition) is 2. The van der Waals surface area contributed by atoms with Crippen molar-refractivity contribution in [2.45, 2.75) is 6.92 Å². The molecule has 0 unspecified atom stereocenters. The summed E-state index contributed by atoms with van der Waals surface area (Å²) >= 11 is 5.89. The molecule has 0 radical (unpaired) electrons. The summed E-state index contributed by atoms with van der Waals surface area (Å²) in [6.45, 7) is 2.43. The number of carbonyl (C=O) groups is 1. The molecule has 0 heterocycles. The molecule has 0 fully saturated rings. The summed E-state index contributed by atoms with van der Waals surface area (Å²) < 4.78 is 5.64. The lowest BCUT2D eigenvalue weighted by Gasteiger charge is -2.10. The summed E-state index contributed by atoms with van der Waals surface area (Å²) in [7, 11) is 0.